The van der Waals surface area contributed by atoms with Gasteiger partial charge in [0.05, 0.1) is 11.6 Å². The first-order chi connectivity index (χ1) is 5.27. The summed E-state index contributed by atoms with van der Waals surface area (Å²) in [4.78, 5) is 13.3. The van der Waals surface area contributed by atoms with Gasteiger partial charge in [0.25, 0.3) is 0 Å². The highest BCUT2D eigenvalue weighted by atomic mass is 16.2. The summed E-state index contributed by atoms with van der Waals surface area (Å²) in [6, 6.07) is 0. The van der Waals surface area contributed by atoms with Gasteiger partial charge >= 0.3 is 0 Å². The summed E-state index contributed by atoms with van der Waals surface area (Å²) in [5, 5.41) is 3.96. The van der Waals surface area contributed by atoms with Gasteiger partial charge in [-0.25, -0.2) is 5.43 Å². The average Bonchev–Trinajstić information content (AvgIpc) is 2.33. The van der Waals surface area contributed by atoms with Gasteiger partial charge in [-0.15, -0.1) is 0 Å². The topological polar surface area (TPSA) is 44.7 Å². The maximum atomic E-state index is 11.1. The first kappa shape index (κ1) is 6.79. The molecule has 11 heavy (non-hydrogen) atoms. The first-order valence-corrected chi connectivity index (χ1v) is 3.82. The largest absolute Gasteiger partial charge is 0.305 e. The Bertz CT molecular complexity index is 224. The van der Waals surface area contributed by atoms with Crippen LogP contribution in [-0.2, 0) is 4.79 Å². The van der Waals surface area contributed by atoms with Gasteiger partial charge in [-0.3, -0.25) is 4.79 Å². The highest BCUT2D eigenvalue weighted by Gasteiger charge is 2.33. The van der Waals surface area contributed by atoms with Crippen LogP contribution in [0.5, 0.6) is 0 Å². The molecule has 0 aromatic carbocycles. The van der Waals surface area contributed by atoms with E-state index in [0.29, 0.717) is 0 Å². The van der Waals surface area contributed by atoms with Crippen LogP contribution in [0.1, 0.15) is 6.42 Å². The molecule has 0 saturated carbocycles. The molecule has 1 amide bonds. The van der Waals surface area contributed by atoms with E-state index in [0.717, 1.165) is 25.2 Å². The minimum Gasteiger partial charge on any atom is -0.305 e. The van der Waals surface area contributed by atoms with Crippen molar-refractivity contribution in [2.75, 3.05) is 20.1 Å². The van der Waals surface area contributed by atoms with Crippen molar-refractivity contribution in [2.45, 2.75) is 6.42 Å². The van der Waals surface area contributed by atoms with E-state index in [1.54, 1.807) is 0 Å². The van der Waals surface area contributed by atoms with Crippen LogP contribution in [0.3, 0.4) is 0 Å². The van der Waals surface area contributed by atoms with Crippen LogP contribution in [0.15, 0.2) is 5.10 Å². The predicted molar refractivity (Wildman–Crippen MR) is 41.2 cm³/mol. The highest BCUT2D eigenvalue weighted by Crippen LogP contribution is 2.16. The van der Waals surface area contributed by atoms with E-state index in [1.165, 1.54) is 0 Å². The summed E-state index contributed by atoms with van der Waals surface area (Å²) >= 11 is 0. The highest BCUT2D eigenvalue weighted by molar-refractivity contribution is 6.08. The molecule has 4 nitrogen and oxygen atoms in total. The van der Waals surface area contributed by atoms with Gasteiger partial charge in [-0.05, 0) is 7.05 Å². The lowest BCUT2D eigenvalue weighted by Crippen LogP contribution is -2.40. The van der Waals surface area contributed by atoms with Gasteiger partial charge in [-0.2, -0.15) is 5.10 Å². The number of rotatable bonds is 0. The summed E-state index contributed by atoms with van der Waals surface area (Å²) in [6.45, 7) is 1.84. The standard InChI is InChI=1S/C7H11N3O/c1-10-3-2-6-5(4-10)7(11)9-8-6/h5H,2-4H2,1H3,(H,9,11). The number of piperidine rings is 1. The van der Waals surface area contributed by atoms with Crippen molar-refractivity contribution in [3.63, 3.8) is 0 Å². The summed E-state index contributed by atoms with van der Waals surface area (Å²) in [6.07, 6.45) is 0.930. The number of likely N-dealkylation sites (tertiary alicyclic amines) is 1. The molecule has 4 heteroatoms. The monoisotopic (exact) mass is 153 g/mol. The number of hydrazone groups is 1. The normalized spacial score (nSPS) is 31.2. The van der Waals surface area contributed by atoms with Gasteiger partial charge in [0, 0.05) is 19.5 Å². The summed E-state index contributed by atoms with van der Waals surface area (Å²) < 4.78 is 0. The third kappa shape index (κ3) is 1.03. The van der Waals surface area contributed by atoms with E-state index in [4.69, 9.17) is 0 Å². The Morgan fingerprint density at radius 2 is 2.55 bits per heavy atom. The molecule has 2 rings (SSSR count). The molecule has 0 aliphatic carbocycles. The van der Waals surface area contributed by atoms with E-state index in [-0.39, 0.29) is 11.8 Å². The molecule has 1 atom stereocenters. The van der Waals surface area contributed by atoms with Crippen LogP contribution in [0.4, 0.5) is 0 Å². The van der Waals surface area contributed by atoms with Crippen molar-refractivity contribution in [1.82, 2.24) is 10.3 Å². The molecule has 1 N–H and O–H groups in total. The van der Waals surface area contributed by atoms with Crippen LogP contribution in [0.25, 0.3) is 0 Å². The Morgan fingerprint density at radius 3 is 3.36 bits per heavy atom. The second-order valence-corrected chi connectivity index (χ2v) is 3.14. The van der Waals surface area contributed by atoms with E-state index in [2.05, 4.69) is 15.4 Å². The van der Waals surface area contributed by atoms with Crippen molar-refractivity contribution in [2.24, 2.45) is 11.0 Å². The van der Waals surface area contributed by atoms with Crippen LogP contribution < -0.4 is 5.43 Å². The zero-order valence-electron chi connectivity index (χ0n) is 6.50. The molecule has 0 aromatic rings. The second-order valence-electron chi connectivity index (χ2n) is 3.14. The Balaban J connectivity index is 2.15. The smallest absolute Gasteiger partial charge is 0.250 e. The van der Waals surface area contributed by atoms with Gasteiger partial charge in [0.15, 0.2) is 0 Å². The molecule has 1 fully saturated rings. The molecule has 1 unspecified atom stereocenters. The van der Waals surface area contributed by atoms with Gasteiger partial charge in [0.2, 0.25) is 5.91 Å². The maximum absolute atomic E-state index is 11.1. The number of amides is 1. The van der Waals surface area contributed by atoms with Crippen LogP contribution in [-0.4, -0.2) is 36.7 Å². The molecular weight excluding hydrogens is 142 g/mol. The Kier molecular flexibility index (Phi) is 1.42. The predicted octanol–water partition coefficient (Wildman–Crippen LogP) is -0.576. The third-order valence-corrected chi connectivity index (χ3v) is 2.27. The zero-order valence-corrected chi connectivity index (χ0v) is 6.50. The molecule has 2 aliphatic rings. The fourth-order valence-corrected chi connectivity index (χ4v) is 1.56. The SMILES string of the molecule is CN1CCC2=NNC(=O)C2C1. The molecule has 2 heterocycles. The summed E-state index contributed by atoms with van der Waals surface area (Å²) in [7, 11) is 2.03. The van der Waals surface area contributed by atoms with Crippen molar-refractivity contribution in [3.8, 4) is 0 Å². The van der Waals surface area contributed by atoms with E-state index in [1.807, 2.05) is 7.05 Å². The molecule has 1 saturated heterocycles. The summed E-state index contributed by atoms with van der Waals surface area (Å²) in [5.41, 5.74) is 3.54. The number of nitrogens with one attached hydrogen (secondary N) is 1. The number of hydrogen-bond acceptors (Lipinski definition) is 3. The van der Waals surface area contributed by atoms with Crippen LogP contribution in [0, 0.1) is 5.92 Å². The lowest BCUT2D eigenvalue weighted by Gasteiger charge is -2.25. The minimum absolute atomic E-state index is 0.0359. The third-order valence-electron chi connectivity index (χ3n) is 2.27. The number of nitrogens with zero attached hydrogens (tertiary/aromatic N) is 2. The molecule has 0 aromatic heterocycles. The molecule has 0 radical (unpaired) electrons. The van der Waals surface area contributed by atoms with Gasteiger partial charge in [-0.1, -0.05) is 0 Å². The van der Waals surface area contributed by atoms with E-state index in [9.17, 15) is 4.79 Å². The molecule has 0 spiro atoms. The summed E-state index contributed by atoms with van der Waals surface area (Å²) in [5.74, 6) is 0.0975. The molecule has 2 aliphatic heterocycles. The van der Waals surface area contributed by atoms with E-state index >= 15 is 0 Å². The Labute approximate surface area is 65.3 Å². The number of carbonyl (C=O) groups is 1. The van der Waals surface area contributed by atoms with Gasteiger partial charge in [0.1, 0.15) is 0 Å². The fraction of sp³-hybridized carbons (Fsp3) is 0.714. The quantitative estimate of drug-likeness (QED) is 0.506. The van der Waals surface area contributed by atoms with Gasteiger partial charge < -0.3 is 4.90 Å². The number of fused-ring (bicyclic) bond motifs is 1. The van der Waals surface area contributed by atoms with Crippen molar-refractivity contribution < 1.29 is 4.79 Å². The molecular formula is C7H11N3O. The zero-order chi connectivity index (χ0) is 7.84. The van der Waals surface area contributed by atoms with Crippen molar-refractivity contribution in [1.29, 1.82) is 0 Å². The second kappa shape index (κ2) is 2.30. The average molecular weight is 153 g/mol. The Morgan fingerprint density at radius 1 is 1.73 bits per heavy atom. The van der Waals surface area contributed by atoms with Crippen molar-refractivity contribution >= 4 is 11.6 Å². The molecule has 0 bridgehead atoms. The number of carbonyl (C=O) groups excluding carboxylic acids is 1. The van der Waals surface area contributed by atoms with Crippen LogP contribution in [0.2, 0.25) is 0 Å². The Hall–Kier alpha value is -0.900. The lowest BCUT2D eigenvalue weighted by atomic mass is 9.97. The fourth-order valence-electron chi connectivity index (χ4n) is 1.56. The minimum atomic E-state index is 0.0359. The van der Waals surface area contributed by atoms with Crippen LogP contribution >= 0.6 is 0 Å². The number of hydrogen-bond donors (Lipinski definition) is 1. The van der Waals surface area contributed by atoms with E-state index < -0.39 is 0 Å². The van der Waals surface area contributed by atoms with Crippen molar-refractivity contribution in [3.05, 3.63) is 0 Å². The lowest BCUT2D eigenvalue weighted by molar-refractivity contribution is -0.122. The molecule has 60 valence electrons. The first-order valence-electron chi connectivity index (χ1n) is 3.82. The maximum Gasteiger partial charge on any atom is 0.250 e.